The van der Waals surface area contributed by atoms with Crippen LogP contribution in [0.15, 0.2) is 24.3 Å². The highest BCUT2D eigenvalue weighted by molar-refractivity contribution is 6.04. The van der Waals surface area contributed by atoms with Gasteiger partial charge in [-0.2, -0.15) is 0 Å². The number of para-hydroxylation sites is 1. The van der Waals surface area contributed by atoms with Gasteiger partial charge in [-0.3, -0.25) is 9.59 Å². The molecular formula is C15H20N2O3. The molecule has 1 saturated heterocycles. The van der Waals surface area contributed by atoms with Gasteiger partial charge in [0.25, 0.3) is 11.8 Å². The number of aliphatic hydroxyl groups is 1. The number of carbonyl (C=O) groups excluding carboxylic acids is 2. The van der Waals surface area contributed by atoms with E-state index in [1.54, 1.807) is 24.3 Å². The molecule has 2 amide bonds. The van der Waals surface area contributed by atoms with Crippen molar-refractivity contribution in [2.45, 2.75) is 32.3 Å². The summed E-state index contributed by atoms with van der Waals surface area (Å²) in [6.07, 6.45) is 2.10. The molecule has 20 heavy (non-hydrogen) atoms. The number of carbonyl (C=O) groups is 2. The number of piperidine rings is 1. The molecule has 1 heterocycles. The molecule has 0 bridgehead atoms. The fourth-order valence-electron chi connectivity index (χ4n) is 2.28. The summed E-state index contributed by atoms with van der Waals surface area (Å²) >= 11 is 0. The molecule has 1 unspecified atom stereocenters. The van der Waals surface area contributed by atoms with Crippen molar-refractivity contribution >= 4 is 17.5 Å². The molecule has 1 aromatic carbocycles. The van der Waals surface area contributed by atoms with E-state index in [4.69, 9.17) is 0 Å². The molecule has 2 N–H and O–H groups in total. The number of nitrogens with one attached hydrogen (secondary N) is 1. The molecule has 0 spiro atoms. The van der Waals surface area contributed by atoms with Crippen LogP contribution in [0.2, 0.25) is 0 Å². The Morgan fingerprint density at radius 3 is 2.50 bits per heavy atom. The van der Waals surface area contributed by atoms with Gasteiger partial charge >= 0.3 is 0 Å². The van der Waals surface area contributed by atoms with Crippen LogP contribution in [-0.2, 0) is 4.79 Å². The van der Waals surface area contributed by atoms with Gasteiger partial charge < -0.3 is 15.3 Å². The molecule has 1 aromatic rings. The smallest absolute Gasteiger partial charge is 0.255 e. The third-order valence-corrected chi connectivity index (χ3v) is 3.44. The Hall–Kier alpha value is -1.88. The van der Waals surface area contributed by atoms with Gasteiger partial charge in [0.1, 0.15) is 6.10 Å². The Balaban J connectivity index is 2.18. The van der Waals surface area contributed by atoms with E-state index in [1.807, 2.05) is 4.90 Å². The van der Waals surface area contributed by atoms with E-state index in [1.165, 1.54) is 6.92 Å². The molecular weight excluding hydrogens is 256 g/mol. The zero-order chi connectivity index (χ0) is 14.5. The van der Waals surface area contributed by atoms with Crippen molar-refractivity contribution in [3.63, 3.8) is 0 Å². The first-order valence-electron chi connectivity index (χ1n) is 6.97. The van der Waals surface area contributed by atoms with Gasteiger partial charge in [0.2, 0.25) is 0 Å². The Bertz CT molecular complexity index is 494. The molecule has 1 atom stereocenters. The van der Waals surface area contributed by atoms with Crippen molar-refractivity contribution in [3.05, 3.63) is 29.8 Å². The second-order valence-corrected chi connectivity index (χ2v) is 5.06. The van der Waals surface area contributed by atoms with E-state index in [2.05, 4.69) is 5.32 Å². The number of hydrogen-bond acceptors (Lipinski definition) is 3. The molecule has 5 heteroatoms. The lowest BCUT2D eigenvalue weighted by Gasteiger charge is -2.27. The van der Waals surface area contributed by atoms with Crippen LogP contribution in [0.25, 0.3) is 0 Å². The number of likely N-dealkylation sites (tertiary alicyclic amines) is 1. The molecule has 2 rings (SSSR count). The van der Waals surface area contributed by atoms with Crippen LogP contribution in [0, 0.1) is 0 Å². The van der Waals surface area contributed by atoms with E-state index in [0.29, 0.717) is 11.3 Å². The van der Waals surface area contributed by atoms with Crippen molar-refractivity contribution in [1.82, 2.24) is 4.90 Å². The zero-order valence-corrected chi connectivity index (χ0v) is 11.6. The molecule has 0 radical (unpaired) electrons. The molecule has 108 valence electrons. The number of nitrogens with zero attached hydrogens (tertiary/aromatic N) is 1. The van der Waals surface area contributed by atoms with E-state index < -0.39 is 12.0 Å². The quantitative estimate of drug-likeness (QED) is 0.881. The number of benzene rings is 1. The van der Waals surface area contributed by atoms with Crippen molar-refractivity contribution in [2.24, 2.45) is 0 Å². The number of rotatable bonds is 3. The van der Waals surface area contributed by atoms with Crippen LogP contribution >= 0.6 is 0 Å². The molecule has 1 aliphatic heterocycles. The normalized spacial score (nSPS) is 16.6. The van der Waals surface area contributed by atoms with Gasteiger partial charge in [-0.25, -0.2) is 0 Å². The molecule has 0 aromatic heterocycles. The van der Waals surface area contributed by atoms with Gasteiger partial charge in [0.15, 0.2) is 0 Å². The van der Waals surface area contributed by atoms with Crippen LogP contribution in [0.1, 0.15) is 36.5 Å². The topological polar surface area (TPSA) is 69.6 Å². The number of hydrogen-bond donors (Lipinski definition) is 2. The van der Waals surface area contributed by atoms with E-state index in [0.717, 1.165) is 32.4 Å². The Morgan fingerprint density at radius 1 is 1.20 bits per heavy atom. The maximum atomic E-state index is 12.5. The average molecular weight is 276 g/mol. The maximum absolute atomic E-state index is 12.5. The number of amides is 2. The highest BCUT2D eigenvalue weighted by atomic mass is 16.3. The summed E-state index contributed by atoms with van der Waals surface area (Å²) in [6.45, 7) is 2.92. The van der Waals surface area contributed by atoms with Crippen LogP contribution in [0.4, 0.5) is 5.69 Å². The Labute approximate surface area is 118 Å². The predicted molar refractivity (Wildman–Crippen MR) is 76.5 cm³/mol. The summed E-state index contributed by atoms with van der Waals surface area (Å²) in [6, 6.07) is 6.91. The SMILES string of the molecule is CC(O)C(=O)Nc1ccccc1C(=O)N1CCCCC1. The van der Waals surface area contributed by atoms with Crippen LogP contribution in [-0.4, -0.2) is 41.0 Å². The minimum Gasteiger partial charge on any atom is -0.384 e. The predicted octanol–water partition coefficient (Wildman–Crippen LogP) is 1.63. The highest BCUT2D eigenvalue weighted by Crippen LogP contribution is 2.20. The first kappa shape index (κ1) is 14.5. The van der Waals surface area contributed by atoms with Crippen molar-refractivity contribution in [1.29, 1.82) is 0 Å². The van der Waals surface area contributed by atoms with Gasteiger partial charge in [-0.1, -0.05) is 12.1 Å². The first-order chi connectivity index (χ1) is 9.59. The maximum Gasteiger partial charge on any atom is 0.255 e. The van der Waals surface area contributed by atoms with Crippen LogP contribution in [0.3, 0.4) is 0 Å². The highest BCUT2D eigenvalue weighted by Gasteiger charge is 2.21. The third kappa shape index (κ3) is 3.36. The van der Waals surface area contributed by atoms with Gasteiger partial charge in [0, 0.05) is 13.1 Å². The van der Waals surface area contributed by atoms with Crippen LogP contribution < -0.4 is 5.32 Å². The van der Waals surface area contributed by atoms with E-state index >= 15 is 0 Å². The zero-order valence-electron chi connectivity index (χ0n) is 11.6. The molecule has 1 aliphatic rings. The average Bonchev–Trinajstić information content (AvgIpc) is 2.48. The number of anilines is 1. The van der Waals surface area contributed by atoms with Crippen LogP contribution in [0.5, 0.6) is 0 Å². The van der Waals surface area contributed by atoms with Crippen molar-refractivity contribution in [3.8, 4) is 0 Å². The molecule has 1 fully saturated rings. The summed E-state index contributed by atoms with van der Waals surface area (Å²) in [5.41, 5.74) is 0.928. The number of aliphatic hydroxyl groups excluding tert-OH is 1. The summed E-state index contributed by atoms with van der Waals surface area (Å²) in [7, 11) is 0. The fraction of sp³-hybridized carbons (Fsp3) is 0.467. The monoisotopic (exact) mass is 276 g/mol. The minimum absolute atomic E-state index is 0.0637. The lowest BCUT2D eigenvalue weighted by atomic mass is 10.1. The molecule has 0 aliphatic carbocycles. The summed E-state index contributed by atoms with van der Waals surface area (Å²) < 4.78 is 0. The summed E-state index contributed by atoms with van der Waals surface area (Å²) in [5.74, 6) is -0.574. The Kier molecular flexibility index (Phi) is 4.74. The second-order valence-electron chi connectivity index (χ2n) is 5.06. The van der Waals surface area contributed by atoms with Gasteiger partial charge in [-0.05, 0) is 38.3 Å². The standard InChI is InChI=1S/C15H20N2O3/c1-11(18)14(19)16-13-8-4-3-7-12(13)15(20)17-9-5-2-6-10-17/h3-4,7-8,11,18H,2,5-6,9-10H2,1H3,(H,16,19). The lowest BCUT2D eigenvalue weighted by Crippen LogP contribution is -2.36. The first-order valence-corrected chi connectivity index (χ1v) is 6.97. The fourth-order valence-corrected chi connectivity index (χ4v) is 2.28. The lowest BCUT2D eigenvalue weighted by molar-refractivity contribution is -0.123. The van der Waals surface area contributed by atoms with Gasteiger partial charge in [-0.15, -0.1) is 0 Å². The summed E-state index contributed by atoms with van der Waals surface area (Å²) in [4.78, 5) is 25.9. The second kappa shape index (κ2) is 6.52. The summed E-state index contributed by atoms with van der Waals surface area (Å²) in [5, 5.41) is 11.8. The molecule has 5 nitrogen and oxygen atoms in total. The van der Waals surface area contributed by atoms with Crippen molar-refractivity contribution < 1.29 is 14.7 Å². The largest absolute Gasteiger partial charge is 0.384 e. The van der Waals surface area contributed by atoms with Gasteiger partial charge in [0.05, 0.1) is 11.3 Å². The van der Waals surface area contributed by atoms with E-state index in [-0.39, 0.29) is 5.91 Å². The third-order valence-electron chi connectivity index (χ3n) is 3.44. The van der Waals surface area contributed by atoms with E-state index in [9.17, 15) is 14.7 Å². The minimum atomic E-state index is -1.10. The Morgan fingerprint density at radius 2 is 1.85 bits per heavy atom. The molecule has 0 saturated carbocycles. The van der Waals surface area contributed by atoms with Crippen molar-refractivity contribution in [2.75, 3.05) is 18.4 Å².